The summed E-state index contributed by atoms with van der Waals surface area (Å²) in [5.74, 6) is 0.631. The molecule has 0 spiro atoms. The van der Waals surface area contributed by atoms with Gasteiger partial charge in [-0.25, -0.2) is 0 Å². The monoisotopic (exact) mass is 537 g/mol. The van der Waals surface area contributed by atoms with E-state index in [9.17, 15) is 4.79 Å². The first-order chi connectivity index (χ1) is 18.7. The molecule has 0 aromatic rings. The zero-order chi connectivity index (χ0) is 27.8. The quantitative estimate of drug-likeness (QED) is 0.0631. The summed E-state index contributed by atoms with van der Waals surface area (Å²) < 4.78 is 5.76. The van der Waals surface area contributed by atoms with Gasteiger partial charge in [-0.15, -0.1) is 0 Å². The van der Waals surface area contributed by atoms with Gasteiger partial charge < -0.3 is 4.74 Å². The molecule has 1 atom stereocenters. The molecule has 228 valence electrons. The molecule has 38 heavy (non-hydrogen) atoms. The number of hydrogen-bond acceptors (Lipinski definition) is 2. The number of unbranched alkanes of at least 4 members (excludes halogenated alkanes) is 24. The van der Waals surface area contributed by atoms with Crippen LogP contribution in [0.2, 0.25) is 0 Å². The van der Waals surface area contributed by atoms with Crippen LogP contribution in [0.3, 0.4) is 0 Å². The summed E-state index contributed by atoms with van der Waals surface area (Å²) in [5, 5.41) is 0. The van der Waals surface area contributed by atoms with Gasteiger partial charge in [0, 0.05) is 6.42 Å². The van der Waals surface area contributed by atoms with E-state index in [0.717, 1.165) is 6.42 Å². The van der Waals surface area contributed by atoms with Crippen LogP contribution in [0.15, 0.2) is 0 Å². The Bertz CT molecular complexity index is 447. The van der Waals surface area contributed by atoms with Crippen LogP contribution in [-0.2, 0) is 9.53 Å². The molecular weight excluding hydrogens is 464 g/mol. The highest BCUT2D eigenvalue weighted by molar-refractivity contribution is 5.69. The van der Waals surface area contributed by atoms with Gasteiger partial charge in [0.1, 0.15) is 0 Å². The lowest BCUT2D eigenvalue weighted by molar-refractivity contribution is -0.145. The Labute approximate surface area is 241 Å². The van der Waals surface area contributed by atoms with E-state index in [4.69, 9.17) is 4.74 Å². The average Bonchev–Trinajstić information content (AvgIpc) is 2.92. The van der Waals surface area contributed by atoms with Crippen molar-refractivity contribution in [3.8, 4) is 0 Å². The van der Waals surface area contributed by atoms with E-state index in [1.54, 1.807) is 0 Å². The van der Waals surface area contributed by atoms with Gasteiger partial charge in [-0.05, 0) is 25.2 Å². The van der Waals surface area contributed by atoms with E-state index in [0.29, 0.717) is 18.9 Å². The maximum Gasteiger partial charge on any atom is 0.305 e. The summed E-state index contributed by atoms with van der Waals surface area (Å²) in [6.07, 6.45) is 39.7. The molecule has 0 rings (SSSR count). The van der Waals surface area contributed by atoms with Crippen molar-refractivity contribution in [3.63, 3.8) is 0 Å². The second kappa shape index (κ2) is 32.7. The summed E-state index contributed by atoms with van der Waals surface area (Å²) >= 11 is 0. The van der Waals surface area contributed by atoms with Crippen molar-refractivity contribution in [3.05, 3.63) is 0 Å². The van der Waals surface area contributed by atoms with Crippen LogP contribution in [0.25, 0.3) is 0 Å². The van der Waals surface area contributed by atoms with Crippen molar-refractivity contribution in [1.29, 1.82) is 0 Å². The molecule has 1 unspecified atom stereocenters. The van der Waals surface area contributed by atoms with Crippen molar-refractivity contribution >= 4 is 5.97 Å². The first kappa shape index (κ1) is 37.5. The third-order valence-electron chi connectivity index (χ3n) is 8.40. The van der Waals surface area contributed by atoms with E-state index >= 15 is 0 Å². The number of esters is 1. The first-order valence-electron chi connectivity index (χ1n) is 17.9. The molecule has 0 saturated heterocycles. The Hall–Kier alpha value is -0.530. The van der Waals surface area contributed by atoms with Crippen LogP contribution in [0.4, 0.5) is 0 Å². The predicted octanol–water partition coefficient (Wildman–Crippen LogP) is 12.9. The molecule has 0 aromatic heterocycles. The number of ether oxygens (including phenoxy) is 1. The predicted molar refractivity (Wildman–Crippen MR) is 170 cm³/mol. The highest BCUT2D eigenvalue weighted by Gasteiger charge is 2.12. The highest BCUT2D eigenvalue weighted by Crippen LogP contribution is 2.20. The van der Waals surface area contributed by atoms with Gasteiger partial charge in [-0.2, -0.15) is 0 Å². The van der Waals surface area contributed by atoms with Crippen LogP contribution in [0.5, 0.6) is 0 Å². The molecule has 0 aliphatic carbocycles. The summed E-state index contributed by atoms with van der Waals surface area (Å²) in [4.78, 5) is 12.3. The molecule has 0 heterocycles. The summed E-state index contributed by atoms with van der Waals surface area (Å²) in [6.45, 7) is 7.52. The Kier molecular flexibility index (Phi) is 32.2. The minimum absolute atomic E-state index is 0.0502. The van der Waals surface area contributed by atoms with E-state index in [2.05, 4.69) is 20.8 Å². The van der Waals surface area contributed by atoms with Gasteiger partial charge in [0.05, 0.1) is 6.61 Å². The second-order valence-corrected chi connectivity index (χ2v) is 12.4. The van der Waals surface area contributed by atoms with Crippen LogP contribution in [0.1, 0.15) is 213 Å². The minimum Gasteiger partial charge on any atom is -0.465 e. The van der Waals surface area contributed by atoms with Crippen molar-refractivity contribution < 1.29 is 9.53 Å². The molecule has 0 bridgehead atoms. The van der Waals surface area contributed by atoms with E-state index in [1.165, 1.54) is 180 Å². The average molecular weight is 537 g/mol. The van der Waals surface area contributed by atoms with Crippen molar-refractivity contribution in [2.45, 2.75) is 213 Å². The zero-order valence-corrected chi connectivity index (χ0v) is 26.8. The topological polar surface area (TPSA) is 26.3 Å². The number of rotatable bonds is 32. The lowest BCUT2D eigenvalue weighted by atomic mass is 9.95. The van der Waals surface area contributed by atoms with Gasteiger partial charge in [0.25, 0.3) is 0 Å². The molecule has 0 aliphatic rings. The maximum absolute atomic E-state index is 12.3. The molecule has 2 nitrogen and oxygen atoms in total. The first-order valence-corrected chi connectivity index (χ1v) is 17.9. The van der Waals surface area contributed by atoms with Gasteiger partial charge in [0.15, 0.2) is 0 Å². The van der Waals surface area contributed by atoms with Gasteiger partial charge in [-0.1, -0.05) is 188 Å². The van der Waals surface area contributed by atoms with E-state index in [1.807, 2.05) is 0 Å². The highest BCUT2D eigenvalue weighted by atomic mass is 16.5. The largest absolute Gasteiger partial charge is 0.465 e. The number of carbonyl (C=O) groups is 1. The summed E-state index contributed by atoms with van der Waals surface area (Å²) in [6, 6.07) is 0. The molecule has 0 fully saturated rings. The lowest BCUT2D eigenvalue weighted by Crippen LogP contribution is -2.14. The lowest BCUT2D eigenvalue weighted by Gasteiger charge is -2.17. The fourth-order valence-corrected chi connectivity index (χ4v) is 5.66. The van der Waals surface area contributed by atoms with Gasteiger partial charge >= 0.3 is 5.97 Å². The summed E-state index contributed by atoms with van der Waals surface area (Å²) in [7, 11) is 0. The van der Waals surface area contributed by atoms with Crippen LogP contribution < -0.4 is 0 Å². The molecule has 0 amide bonds. The Balaban J connectivity index is 3.70. The molecule has 2 heteroatoms. The number of hydrogen-bond donors (Lipinski definition) is 0. The summed E-state index contributed by atoms with van der Waals surface area (Å²) in [5.41, 5.74) is 0. The van der Waals surface area contributed by atoms with Crippen LogP contribution >= 0.6 is 0 Å². The third kappa shape index (κ3) is 30.0. The number of carbonyl (C=O) groups excluding carboxylic acids is 1. The minimum atomic E-state index is 0.0502. The standard InChI is InChI=1S/C36H72O2/c1-4-7-10-13-15-17-18-19-20-21-22-23-25-27-30-33-36(37)38-34-35(31-28-12-9-6-3)32-29-26-24-16-14-11-8-5-2/h35H,4-34H2,1-3H3. The van der Waals surface area contributed by atoms with Crippen LogP contribution in [0, 0.1) is 5.92 Å². The van der Waals surface area contributed by atoms with Crippen LogP contribution in [-0.4, -0.2) is 12.6 Å². The normalized spacial score (nSPS) is 12.2. The zero-order valence-electron chi connectivity index (χ0n) is 26.8. The Morgan fingerprint density at radius 1 is 0.421 bits per heavy atom. The van der Waals surface area contributed by atoms with Crippen molar-refractivity contribution in [2.75, 3.05) is 6.61 Å². The van der Waals surface area contributed by atoms with Crippen molar-refractivity contribution in [2.24, 2.45) is 5.92 Å². The fourth-order valence-electron chi connectivity index (χ4n) is 5.66. The third-order valence-corrected chi connectivity index (χ3v) is 8.40. The molecule has 0 N–H and O–H groups in total. The Morgan fingerprint density at radius 3 is 1.08 bits per heavy atom. The maximum atomic E-state index is 12.3. The SMILES string of the molecule is CCCCCCCCCCCCCCCCCC(=O)OCC(CCCCCC)CCCCCCCCCC. The molecule has 0 radical (unpaired) electrons. The fraction of sp³-hybridized carbons (Fsp3) is 0.972. The molecule has 0 aliphatic heterocycles. The van der Waals surface area contributed by atoms with E-state index in [-0.39, 0.29) is 5.97 Å². The van der Waals surface area contributed by atoms with Gasteiger partial charge in [-0.3, -0.25) is 4.79 Å². The van der Waals surface area contributed by atoms with Crippen molar-refractivity contribution in [1.82, 2.24) is 0 Å². The molecule has 0 aromatic carbocycles. The Morgan fingerprint density at radius 2 is 0.711 bits per heavy atom. The molecule has 0 saturated carbocycles. The van der Waals surface area contributed by atoms with Gasteiger partial charge in [0.2, 0.25) is 0 Å². The molecular formula is C36H72O2. The second-order valence-electron chi connectivity index (χ2n) is 12.4. The van der Waals surface area contributed by atoms with E-state index < -0.39 is 0 Å². The smallest absolute Gasteiger partial charge is 0.305 e.